The van der Waals surface area contributed by atoms with Crippen LogP contribution in [-0.2, 0) is 90.1 Å². The largest absolute Gasteiger partial charge is 0.389 e. The highest BCUT2D eigenvalue weighted by molar-refractivity contribution is 5.91. The van der Waals surface area contributed by atoms with Crippen LogP contribution in [0.3, 0.4) is 0 Å². The van der Waals surface area contributed by atoms with Gasteiger partial charge in [0.2, 0.25) is 0 Å². The number of methoxy groups -OCH3 is 4. The third-order valence-corrected chi connectivity index (χ3v) is 43.9. The summed E-state index contributed by atoms with van der Waals surface area (Å²) in [4.78, 5) is 24.9. The van der Waals surface area contributed by atoms with Gasteiger partial charge in [-0.25, -0.2) is 0 Å². The molecule has 0 aromatic rings. The average Bonchev–Trinajstić information content (AvgIpc) is 1.57. The van der Waals surface area contributed by atoms with E-state index in [2.05, 4.69) is 83.1 Å². The number of carbonyl (C=O) groups excluding carboxylic acids is 2. The summed E-state index contributed by atoms with van der Waals surface area (Å²) in [5.74, 6) is 8.19. The highest BCUT2D eigenvalue weighted by atomic mass is 16.8. The van der Waals surface area contributed by atoms with Crippen molar-refractivity contribution in [3.05, 3.63) is 22.8 Å². The lowest BCUT2D eigenvalue weighted by molar-refractivity contribution is -0.325. The standard InChI is InChI=1S/C28H46O6.C27H42O6.C27H42O5.C23H34O3/c1-6-28(33-15-16-34-28)27(30-5)12-9-21-20-17-23(2,3)26(29)18-25(31-13-14-32-25)11-8-22(26)19(20)7-10-24(21,27)4;1-5-27(31-14-15-32-27)26(28-4)11-8-20-19-16-23(3)25(33-23)17-24(29-12-13-30-24)10-7-21(25)18(19)6-9-22(20,26)2;1-5-27(31-14-15-32-27)26(28-4)11-8-23-21-16-18(2)22-17-25(29-12-13-30-25)10-7-20(22)19(21)6-9-24(23,26)3;1-5-21(25)23(26-4)11-9-20-19-12-14(2)18-13-15(24)6-7-16(18)17(19)8-10-22(20,23)3/h19-22,29H,6-18H2,1-5H3;18-21H,5-17H2,1-4H3;19-21,23H,5-17H2,1-4H3;13-14,16-17,19-20H,5-12H2,1-4H3/t19?,20?,21?,22?,24-,26?,27+;18?,19?,20?,21?,22-,23?,25?,26+;19?,20?,21?,23?,24-,26+;14?,16?,17?,19?,20?,22-,23-/m0000/s1. The van der Waals surface area contributed by atoms with Gasteiger partial charge in [-0.3, -0.25) is 9.59 Å². The fraction of sp³-hybridized carbons (Fsp3) is 0.943. The van der Waals surface area contributed by atoms with Crippen molar-refractivity contribution in [1.29, 1.82) is 0 Å². The molecular weight excluding hydrogens is 1580 g/mol. The number of ether oxygens (including phenoxy) is 17. The second kappa shape index (κ2) is 31.9. The van der Waals surface area contributed by atoms with Gasteiger partial charge in [0, 0.05) is 121 Å². The number of rotatable bonds is 12. The summed E-state index contributed by atoms with van der Waals surface area (Å²) in [6.45, 7) is 38.4. The van der Waals surface area contributed by atoms with Crippen LogP contribution in [0.5, 0.6) is 0 Å². The number of carbonyl (C=O) groups is 2. The third-order valence-electron chi connectivity index (χ3n) is 43.9. The minimum atomic E-state index is -0.746. The zero-order chi connectivity index (χ0) is 87.7. The second-order valence-corrected chi connectivity index (χ2v) is 47.2. The molecule has 0 bridgehead atoms. The van der Waals surface area contributed by atoms with Crippen molar-refractivity contribution >= 4 is 11.6 Å². The van der Waals surface area contributed by atoms with Crippen LogP contribution in [0.2, 0.25) is 0 Å². The van der Waals surface area contributed by atoms with Crippen molar-refractivity contribution < 1.29 is 95.2 Å². The van der Waals surface area contributed by atoms with Crippen LogP contribution in [0.4, 0.5) is 0 Å². The van der Waals surface area contributed by atoms with Crippen molar-refractivity contribution in [2.24, 2.45) is 128 Å². The molecule has 20 heteroatoms. The van der Waals surface area contributed by atoms with Gasteiger partial charge in [0.25, 0.3) is 0 Å². The minimum absolute atomic E-state index is 0.00235. The highest BCUT2D eigenvalue weighted by Crippen LogP contribution is 2.79. The molecule has 23 rings (SSSR count). The van der Waals surface area contributed by atoms with Gasteiger partial charge in [0.15, 0.2) is 46.3 Å². The summed E-state index contributed by atoms with van der Waals surface area (Å²) in [6, 6.07) is 0. The van der Waals surface area contributed by atoms with Crippen LogP contribution in [0.15, 0.2) is 22.8 Å². The van der Waals surface area contributed by atoms with E-state index in [0.717, 1.165) is 185 Å². The molecule has 4 spiro atoms. The molecule has 16 aliphatic carbocycles. The predicted octanol–water partition coefficient (Wildman–Crippen LogP) is 19.1. The van der Waals surface area contributed by atoms with E-state index in [-0.39, 0.29) is 61.1 Å². The van der Waals surface area contributed by atoms with Crippen LogP contribution in [0.25, 0.3) is 0 Å². The van der Waals surface area contributed by atoms with E-state index >= 15 is 0 Å². The molecule has 28 atom stereocenters. The van der Waals surface area contributed by atoms with Crippen molar-refractivity contribution in [3.63, 3.8) is 0 Å². The SMILES string of the molecule is CCC(=O)[C@@]1(OC)CCC2C3CC(C)C4=CC(=O)CCC4C3CC[C@@]21C.CCC1([C@@]2(OC)CCC3C4CC(C)(C)C5(O)CC6(CCC5C4CC[C@@]32C)OCCO6)OCCO1.CCC1([C@@]2(OC)CCC3C4CC(C)=C5CC6(CCC5C4CC[C@@]32C)OCCO6)OCCO1.CCC1([C@@]2(OC)CCC3C4CC5(C)OC56CC5(CCC6C4CC[C@@]32C)OCCO5)OCCO1. The van der Waals surface area contributed by atoms with Crippen LogP contribution in [0.1, 0.15) is 315 Å². The second-order valence-electron chi connectivity index (χ2n) is 47.2. The van der Waals surface area contributed by atoms with Gasteiger partial charge in [-0.2, -0.15) is 0 Å². The molecule has 0 aromatic heterocycles. The van der Waals surface area contributed by atoms with E-state index < -0.39 is 40.0 Å². The van der Waals surface area contributed by atoms with Crippen molar-refractivity contribution in [2.75, 3.05) is 108 Å². The van der Waals surface area contributed by atoms with Gasteiger partial charge < -0.3 is 85.6 Å². The van der Waals surface area contributed by atoms with Crippen LogP contribution >= 0.6 is 0 Å². The Morgan fingerprint density at radius 1 is 0.424 bits per heavy atom. The summed E-state index contributed by atoms with van der Waals surface area (Å²) in [5, 5.41) is 12.4. The Kier molecular flexibility index (Phi) is 23.2. The first-order valence-corrected chi connectivity index (χ1v) is 51.5. The molecular formula is C105H164O20. The molecule has 7 heterocycles. The molecule has 7 aliphatic heterocycles. The highest BCUT2D eigenvalue weighted by Gasteiger charge is 2.83. The molecule has 0 radical (unpaired) electrons. The maximum Gasteiger partial charge on any atom is 0.198 e. The summed E-state index contributed by atoms with van der Waals surface area (Å²) in [7, 11) is 7.45. The Balaban J connectivity index is 0.000000106. The molecule has 23 aliphatic rings. The fourth-order valence-electron chi connectivity index (χ4n) is 38.4. The molecule has 7 saturated heterocycles. The number of aliphatic hydroxyl groups is 1. The van der Waals surface area contributed by atoms with Gasteiger partial charge in [-0.05, 0) is 280 Å². The normalized spacial score (nSPS) is 50.4. The van der Waals surface area contributed by atoms with Gasteiger partial charge in [-0.1, -0.05) is 92.9 Å². The average molecular weight is 1750 g/mol. The zero-order valence-electron chi connectivity index (χ0n) is 80.3. The molecule has 1 N–H and O–H groups in total. The van der Waals surface area contributed by atoms with E-state index in [9.17, 15) is 14.7 Å². The number of fused-ring (bicyclic) bond motifs is 19. The Morgan fingerprint density at radius 3 is 1.34 bits per heavy atom. The van der Waals surface area contributed by atoms with Gasteiger partial charge in [0.1, 0.15) is 28.0 Å². The van der Waals surface area contributed by atoms with E-state index in [1.807, 2.05) is 34.3 Å². The maximum atomic E-state index is 12.9. The Morgan fingerprint density at radius 2 is 0.840 bits per heavy atom. The maximum absolute atomic E-state index is 12.9. The van der Waals surface area contributed by atoms with E-state index in [1.54, 1.807) is 18.3 Å². The first-order valence-electron chi connectivity index (χ1n) is 51.5. The molecule has 14 saturated carbocycles. The minimum Gasteiger partial charge on any atom is -0.389 e. The molecule has 20 nitrogen and oxygen atoms in total. The van der Waals surface area contributed by atoms with E-state index in [0.29, 0.717) is 160 Å². The molecule has 125 heavy (non-hydrogen) atoms. The zero-order valence-corrected chi connectivity index (χ0v) is 80.3. The van der Waals surface area contributed by atoms with E-state index in [4.69, 9.17) is 80.5 Å². The first kappa shape index (κ1) is 90.9. The van der Waals surface area contributed by atoms with Crippen LogP contribution in [-0.4, -0.2) is 198 Å². The lowest BCUT2D eigenvalue weighted by atomic mass is 9.42. The number of Topliss-reactive ketones (excluding diaryl/α,β-unsaturated/α-hetero) is 1. The Hall–Kier alpha value is -1.90. The number of allylic oxidation sites excluding steroid dienone is 2. The van der Waals surface area contributed by atoms with Gasteiger partial charge in [0.05, 0.1) is 90.5 Å². The third kappa shape index (κ3) is 12.5. The molecule has 21 fully saturated rings. The lowest BCUT2D eigenvalue weighted by Gasteiger charge is -2.66. The number of hydrogen-bond acceptors (Lipinski definition) is 20. The number of ketones is 2. The summed E-state index contributed by atoms with van der Waals surface area (Å²) in [5.41, 5.74) is 2.13. The van der Waals surface area contributed by atoms with Crippen LogP contribution < -0.4 is 0 Å². The summed E-state index contributed by atoms with van der Waals surface area (Å²) >= 11 is 0. The summed E-state index contributed by atoms with van der Waals surface area (Å²) in [6.07, 6.45) is 38.4. The summed E-state index contributed by atoms with van der Waals surface area (Å²) < 4.78 is 108. The first-order chi connectivity index (χ1) is 59.7. The number of hydrogen-bond donors (Lipinski definition) is 1. The van der Waals surface area contributed by atoms with Crippen LogP contribution in [0, 0.1) is 128 Å². The smallest absolute Gasteiger partial charge is 0.198 e. The number of epoxide rings is 1. The molecule has 0 amide bonds. The van der Waals surface area contributed by atoms with E-state index in [1.165, 1.54) is 76.2 Å². The van der Waals surface area contributed by atoms with Gasteiger partial charge >= 0.3 is 0 Å². The van der Waals surface area contributed by atoms with Gasteiger partial charge in [-0.15, -0.1) is 0 Å². The van der Waals surface area contributed by atoms with Crippen molar-refractivity contribution in [3.8, 4) is 0 Å². The predicted molar refractivity (Wildman–Crippen MR) is 470 cm³/mol. The lowest BCUT2D eigenvalue weighted by Crippen LogP contribution is -2.69. The van der Waals surface area contributed by atoms with Crippen molar-refractivity contribution in [1.82, 2.24) is 0 Å². The van der Waals surface area contributed by atoms with Crippen molar-refractivity contribution in [2.45, 2.75) is 389 Å². The molecule has 0 aromatic carbocycles. The Bertz CT molecular complexity index is 4060. The monoisotopic (exact) mass is 1750 g/mol. The molecule has 20 unspecified atom stereocenters. The molecule has 704 valence electrons. The Labute approximate surface area is 749 Å². The fourth-order valence-corrected chi connectivity index (χ4v) is 38.4. The topological polar surface area (TPSA) is 215 Å². The quantitative estimate of drug-likeness (QED) is 0.142.